The van der Waals surface area contributed by atoms with Crippen LogP contribution in [0.2, 0.25) is 0 Å². The normalized spacial score (nSPS) is 18.6. The minimum Gasteiger partial charge on any atom is -0.504 e. The Morgan fingerprint density at radius 2 is 0.543 bits per heavy atom. The van der Waals surface area contributed by atoms with Crippen LogP contribution in [0.15, 0.2) is 121 Å². The van der Waals surface area contributed by atoms with Crippen LogP contribution in [0.1, 0.15) is 104 Å². The number of fused-ring (bicyclic) bond motifs is 8. The Labute approximate surface area is 551 Å². The van der Waals surface area contributed by atoms with Gasteiger partial charge in [0.2, 0.25) is 0 Å². The number of aliphatic hydroxyl groups is 2. The lowest BCUT2D eigenvalue weighted by Gasteiger charge is -2.39. The maximum atomic E-state index is 10.3. The Morgan fingerprint density at radius 1 is 0.326 bits per heavy atom. The van der Waals surface area contributed by atoms with E-state index in [1.54, 1.807) is 24.3 Å². The molecule has 4 heterocycles. The molecule has 16 nitrogen and oxygen atoms in total. The first-order valence-corrected chi connectivity index (χ1v) is 31.6. The molecule has 0 saturated heterocycles. The molecule has 4 aliphatic carbocycles. The number of phenols is 8. The fraction of sp³-hybridized carbons (Fsp3) is 0.351. The van der Waals surface area contributed by atoms with Gasteiger partial charge >= 0.3 is 0 Å². The molecule has 4 atom stereocenters. The molecule has 16 rings (SSSR count). The molecule has 0 unspecified atom stereocenters. The van der Waals surface area contributed by atoms with Crippen LogP contribution in [0.5, 0.6) is 46.0 Å². The molecule has 92 heavy (non-hydrogen) atoms. The summed E-state index contributed by atoms with van der Waals surface area (Å²) in [5, 5.41) is 96.2. The van der Waals surface area contributed by atoms with Gasteiger partial charge in [-0.2, -0.15) is 0 Å². The number of hydrogen-bond acceptors (Lipinski definition) is 16. The van der Waals surface area contributed by atoms with Gasteiger partial charge in [-0.25, -0.2) is 0 Å². The van der Waals surface area contributed by atoms with Crippen molar-refractivity contribution in [2.24, 2.45) is 11.5 Å². The number of aliphatic hydroxyl groups excluding tert-OH is 2. The summed E-state index contributed by atoms with van der Waals surface area (Å²) in [6.07, 6.45) is 9.20. The molecule has 8 aromatic carbocycles. The van der Waals surface area contributed by atoms with Crippen LogP contribution < -0.4 is 11.5 Å². The van der Waals surface area contributed by atoms with Crippen LogP contribution in [-0.4, -0.2) is 151 Å². The van der Waals surface area contributed by atoms with Crippen LogP contribution in [0, 0.1) is 0 Å². The van der Waals surface area contributed by atoms with Crippen molar-refractivity contribution in [1.29, 1.82) is 0 Å². The van der Waals surface area contributed by atoms with E-state index < -0.39 is 0 Å². The van der Waals surface area contributed by atoms with E-state index in [-0.39, 0.29) is 84.0 Å². The molecule has 488 valence electrons. The van der Waals surface area contributed by atoms with Crippen LogP contribution in [0.3, 0.4) is 0 Å². The SMILES string of the molecule is CN1CCc2cccc3c2[C@H]1Cc1ccc(O)c(O)c1-3.CN1CCc2cccc3c2[C@H]1Cc1ccc(O)c(O)c1-3.CN1CCc2cccc3c2[C@H]1Cc1ccc(O)c(O)c1-3.CN1CCc2cccc3c2[C@H]1Cc1ccc(O)c(O)c1-3.Cl.Cl.NCCCO.NCCCO. The number of halogens is 2. The van der Waals surface area contributed by atoms with Gasteiger partial charge in [0.25, 0.3) is 0 Å². The summed E-state index contributed by atoms with van der Waals surface area (Å²) >= 11 is 0. The predicted octanol–water partition coefficient (Wildman–Crippen LogP) is 10.9. The highest BCUT2D eigenvalue weighted by molar-refractivity contribution is 5.86. The van der Waals surface area contributed by atoms with E-state index in [0.29, 0.717) is 37.3 Å². The Kier molecular flexibility index (Phi) is 22.1. The second-order valence-corrected chi connectivity index (χ2v) is 24.9. The highest BCUT2D eigenvalue weighted by Crippen LogP contribution is 2.54. The largest absolute Gasteiger partial charge is 0.504 e. The number of nitrogens with two attached hydrogens (primary N) is 2. The fourth-order valence-corrected chi connectivity index (χ4v) is 14.9. The van der Waals surface area contributed by atoms with Crippen LogP contribution in [-0.2, 0) is 51.4 Å². The monoisotopic (exact) mass is 1290 g/mol. The smallest absolute Gasteiger partial charge is 0.165 e. The third-order valence-electron chi connectivity index (χ3n) is 19.6. The molecule has 0 amide bonds. The summed E-state index contributed by atoms with van der Waals surface area (Å²) in [4.78, 5) is 9.55. The van der Waals surface area contributed by atoms with Crippen molar-refractivity contribution in [2.45, 2.75) is 88.4 Å². The van der Waals surface area contributed by atoms with Crippen LogP contribution in [0.25, 0.3) is 44.5 Å². The lowest BCUT2D eigenvalue weighted by atomic mass is 9.77. The highest BCUT2D eigenvalue weighted by atomic mass is 35.5. The zero-order valence-electron chi connectivity index (χ0n) is 52.8. The van der Waals surface area contributed by atoms with E-state index in [9.17, 15) is 40.9 Å². The summed E-state index contributed by atoms with van der Waals surface area (Å²) in [5.41, 5.74) is 32.8. The third kappa shape index (κ3) is 13.1. The average Bonchev–Trinajstić information content (AvgIpc) is 0.769. The van der Waals surface area contributed by atoms with Gasteiger partial charge in [-0.1, -0.05) is 97.1 Å². The summed E-state index contributed by atoms with van der Waals surface area (Å²) in [6, 6.07) is 40.8. The molecule has 0 aromatic heterocycles. The van der Waals surface area contributed by atoms with Crippen molar-refractivity contribution in [3.63, 3.8) is 0 Å². The molecule has 0 spiro atoms. The van der Waals surface area contributed by atoms with Crippen molar-refractivity contribution in [1.82, 2.24) is 19.6 Å². The molecule has 8 aliphatic rings. The molecular formula is C74H88Cl2N6O10. The molecule has 0 fully saturated rings. The minimum absolute atomic E-state index is 0. The molecule has 18 heteroatoms. The highest BCUT2D eigenvalue weighted by Gasteiger charge is 2.38. The van der Waals surface area contributed by atoms with Gasteiger partial charge in [-0.15, -0.1) is 24.8 Å². The topological polar surface area (TPSA) is 267 Å². The zero-order valence-corrected chi connectivity index (χ0v) is 54.4. The summed E-state index contributed by atoms with van der Waals surface area (Å²) in [5.74, 6) is -0.0869. The molecule has 4 aliphatic heterocycles. The number of benzene rings is 8. The molecule has 0 saturated carbocycles. The first-order chi connectivity index (χ1) is 43.5. The quantitative estimate of drug-likeness (QED) is 0.0731. The Morgan fingerprint density at radius 3 is 0.728 bits per heavy atom. The van der Waals surface area contributed by atoms with Gasteiger partial charge in [0, 0.05) is 85.8 Å². The summed E-state index contributed by atoms with van der Waals surface area (Å²) < 4.78 is 0. The number of phenolic OH excluding ortho intramolecular Hbond substituents is 8. The van der Waals surface area contributed by atoms with Crippen molar-refractivity contribution in [3.8, 4) is 90.5 Å². The van der Waals surface area contributed by atoms with Gasteiger partial charge in [0.15, 0.2) is 46.0 Å². The number of aromatic hydroxyl groups is 8. The van der Waals surface area contributed by atoms with Crippen molar-refractivity contribution in [2.75, 3.05) is 80.7 Å². The Balaban J connectivity index is 0.000000137. The molecule has 0 radical (unpaired) electrons. The van der Waals surface area contributed by atoms with E-state index >= 15 is 0 Å². The van der Waals surface area contributed by atoms with E-state index in [4.69, 9.17) is 21.7 Å². The predicted molar refractivity (Wildman–Crippen MR) is 368 cm³/mol. The fourth-order valence-electron chi connectivity index (χ4n) is 14.9. The Bertz CT molecular complexity index is 3460. The second-order valence-electron chi connectivity index (χ2n) is 24.9. The van der Waals surface area contributed by atoms with Crippen molar-refractivity contribution < 1.29 is 51.1 Å². The molecular weight excluding hydrogens is 1200 g/mol. The van der Waals surface area contributed by atoms with Gasteiger partial charge < -0.3 is 62.5 Å². The average molecular weight is 1290 g/mol. The molecule has 14 N–H and O–H groups in total. The van der Waals surface area contributed by atoms with E-state index in [1.165, 1.54) is 44.5 Å². The van der Waals surface area contributed by atoms with Gasteiger partial charge in [-0.3, -0.25) is 19.6 Å². The lowest BCUT2D eigenvalue weighted by molar-refractivity contribution is 0.228. The zero-order chi connectivity index (χ0) is 63.7. The van der Waals surface area contributed by atoms with Crippen LogP contribution >= 0.6 is 24.8 Å². The first-order valence-electron chi connectivity index (χ1n) is 31.6. The van der Waals surface area contributed by atoms with Gasteiger partial charge in [0.05, 0.1) is 0 Å². The number of hydrogen-bond donors (Lipinski definition) is 12. The van der Waals surface area contributed by atoms with E-state index in [0.717, 1.165) is 157 Å². The number of rotatable bonds is 4. The van der Waals surface area contributed by atoms with Gasteiger partial charge in [0.1, 0.15) is 0 Å². The van der Waals surface area contributed by atoms with Crippen LogP contribution in [0.4, 0.5) is 0 Å². The molecule has 0 bridgehead atoms. The second kappa shape index (κ2) is 29.6. The van der Waals surface area contributed by atoms with Crippen molar-refractivity contribution >= 4 is 24.8 Å². The van der Waals surface area contributed by atoms with E-state index in [2.05, 4.69) is 121 Å². The maximum Gasteiger partial charge on any atom is 0.165 e. The van der Waals surface area contributed by atoms with Crippen molar-refractivity contribution in [3.05, 3.63) is 188 Å². The summed E-state index contributed by atoms with van der Waals surface area (Å²) in [6.45, 7) is 5.90. The number of likely N-dealkylation sites (N-methyl/N-ethyl adjacent to an activating group) is 4. The standard InChI is InChI=1S/4C17H17NO2.2C3H9NO.2ClH/c4*1-18-8-7-10-3-2-4-12-15(10)13(18)9-11-5-6-14(19)17(20)16(11)12;2*4-2-1-3-5;;/h4*2-6,13,19-20H,7-9H2,1H3;2*5H,1-4H2;2*1H/t4*13-;;;;/m1111..../s1. The van der Waals surface area contributed by atoms with Gasteiger partial charge in [-0.05, 0) is 219 Å². The van der Waals surface area contributed by atoms with E-state index in [1.807, 2.05) is 24.3 Å². The number of nitrogens with zero attached hydrogens (tertiary/aromatic N) is 4. The lowest BCUT2D eigenvalue weighted by Crippen LogP contribution is -2.35. The molecule has 8 aromatic rings. The third-order valence-corrected chi connectivity index (χ3v) is 19.6. The minimum atomic E-state index is -0.0380. The maximum absolute atomic E-state index is 10.3. The summed E-state index contributed by atoms with van der Waals surface area (Å²) in [7, 11) is 8.65. The Hall–Kier alpha value is -7.58. The first kappa shape index (κ1) is 68.8.